The Labute approximate surface area is 160 Å². The molecule has 5 nitrogen and oxygen atoms in total. The van der Waals surface area contributed by atoms with E-state index in [1.165, 1.54) is 0 Å². The van der Waals surface area contributed by atoms with Crippen LogP contribution < -0.4 is 0 Å². The molecule has 0 aromatic heterocycles. The van der Waals surface area contributed by atoms with E-state index in [0.717, 1.165) is 35.1 Å². The maximum atomic E-state index is 13.5. The number of ketones is 2. The highest BCUT2D eigenvalue weighted by Crippen LogP contribution is 2.58. The average molecular weight is 372 g/mol. The fourth-order valence-electron chi connectivity index (χ4n) is 5.61. The number of aryl methyl sites for hydroxylation is 3. The fraction of sp³-hybridized carbons (Fsp3) is 0.636. The molecule has 1 unspecified atom stereocenters. The zero-order chi connectivity index (χ0) is 19.3. The minimum absolute atomic E-state index is 0.0160. The van der Waals surface area contributed by atoms with Gasteiger partial charge >= 0.3 is 0 Å². The molecule has 2 saturated heterocycles. The van der Waals surface area contributed by atoms with Gasteiger partial charge in [-0.3, -0.25) is 9.59 Å². The van der Waals surface area contributed by atoms with Gasteiger partial charge in [-0.25, -0.2) is 0 Å². The number of rotatable bonds is 6. The lowest BCUT2D eigenvalue weighted by atomic mass is 9.73. The minimum Gasteiger partial charge on any atom is -0.368 e. The van der Waals surface area contributed by atoms with Crippen molar-refractivity contribution < 1.29 is 23.8 Å². The third-order valence-electron chi connectivity index (χ3n) is 6.51. The topological polar surface area (TPSA) is 61.8 Å². The summed E-state index contributed by atoms with van der Waals surface area (Å²) in [6, 6.07) is 4.12. The van der Waals surface area contributed by atoms with Gasteiger partial charge in [0.25, 0.3) is 0 Å². The number of carbonyl (C=O) groups excluding carboxylic acids is 2. The van der Waals surface area contributed by atoms with Crippen LogP contribution in [0, 0.1) is 32.6 Å². The Bertz CT molecular complexity index is 762. The zero-order valence-electron chi connectivity index (χ0n) is 16.5. The molecule has 2 heterocycles. The van der Waals surface area contributed by atoms with E-state index in [4.69, 9.17) is 14.2 Å². The minimum atomic E-state index is -0.666. The number of hydrogen-bond donors (Lipinski definition) is 0. The summed E-state index contributed by atoms with van der Waals surface area (Å²) in [5, 5.41) is 0. The number of fused-ring (bicyclic) bond motifs is 5. The van der Waals surface area contributed by atoms with Gasteiger partial charge in [-0.15, -0.1) is 0 Å². The molecular weight excluding hydrogens is 344 g/mol. The quantitative estimate of drug-likeness (QED) is 0.436. The number of ether oxygens (including phenoxy) is 3. The lowest BCUT2D eigenvalue weighted by Gasteiger charge is -2.31. The monoisotopic (exact) mass is 372 g/mol. The molecule has 2 aliphatic heterocycles. The third-order valence-corrected chi connectivity index (χ3v) is 6.51. The van der Waals surface area contributed by atoms with Crippen LogP contribution in [0.3, 0.4) is 0 Å². The standard InChI is InChI=1S/C22H28O5/c1-5-25-11-26-10-22-7-6-15(27-22)17-19(22)21(24)18(20(17)23)16-13(3)8-12(2)9-14(16)4/h8-9,15,17-19H,5-7,10-11H2,1-4H3/t15-,17-,18?,19+,22-/m0/s1. The smallest absolute Gasteiger partial charge is 0.154 e. The lowest BCUT2D eigenvalue weighted by Crippen LogP contribution is -2.44. The number of benzene rings is 1. The molecule has 1 aliphatic carbocycles. The summed E-state index contributed by atoms with van der Waals surface area (Å²) in [7, 11) is 0. The first-order valence-electron chi connectivity index (χ1n) is 9.88. The summed E-state index contributed by atoms with van der Waals surface area (Å²) in [4.78, 5) is 26.8. The summed E-state index contributed by atoms with van der Waals surface area (Å²) in [6.07, 6.45) is 1.43. The molecule has 1 aromatic carbocycles. The molecule has 3 aliphatic rings. The van der Waals surface area contributed by atoms with Crippen molar-refractivity contribution in [1.29, 1.82) is 0 Å². The van der Waals surface area contributed by atoms with Gasteiger partial charge in [0.05, 0.1) is 24.5 Å². The van der Waals surface area contributed by atoms with Crippen LogP contribution in [0.4, 0.5) is 0 Å². The Morgan fingerprint density at radius 3 is 2.48 bits per heavy atom. The van der Waals surface area contributed by atoms with Crippen LogP contribution in [0.25, 0.3) is 0 Å². The SMILES string of the molecule is CCOCOC[C@]12CC[C@H](O1)[C@@H]1C(=O)C(c3c(C)cc(C)cc3C)C(=O)[C@@H]12. The van der Waals surface area contributed by atoms with Crippen molar-refractivity contribution in [1.82, 2.24) is 0 Å². The first-order valence-corrected chi connectivity index (χ1v) is 9.88. The van der Waals surface area contributed by atoms with Gasteiger partial charge in [-0.1, -0.05) is 17.7 Å². The molecule has 27 heavy (non-hydrogen) atoms. The van der Waals surface area contributed by atoms with Crippen LogP contribution in [0.1, 0.15) is 47.9 Å². The maximum absolute atomic E-state index is 13.5. The van der Waals surface area contributed by atoms with Crippen molar-refractivity contribution in [3.05, 3.63) is 34.4 Å². The van der Waals surface area contributed by atoms with E-state index in [1.54, 1.807) is 0 Å². The summed E-state index contributed by atoms with van der Waals surface area (Å²) < 4.78 is 17.1. The van der Waals surface area contributed by atoms with Gasteiger partial charge in [0, 0.05) is 6.61 Å². The molecule has 5 atom stereocenters. The second-order valence-corrected chi connectivity index (χ2v) is 8.27. The molecule has 3 fully saturated rings. The Balaban J connectivity index is 1.65. The van der Waals surface area contributed by atoms with E-state index in [2.05, 4.69) is 12.1 Å². The normalized spacial score (nSPS) is 34.5. The Morgan fingerprint density at radius 2 is 1.81 bits per heavy atom. The molecule has 0 spiro atoms. The highest BCUT2D eigenvalue weighted by Gasteiger charge is 2.69. The number of carbonyl (C=O) groups is 2. The summed E-state index contributed by atoms with van der Waals surface area (Å²) in [5.41, 5.74) is 3.43. The van der Waals surface area contributed by atoms with Crippen molar-refractivity contribution in [3.63, 3.8) is 0 Å². The van der Waals surface area contributed by atoms with Crippen molar-refractivity contribution in [2.45, 2.75) is 58.2 Å². The Kier molecular flexibility index (Phi) is 4.73. The van der Waals surface area contributed by atoms with Crippen molar-refractivity contribution in [2.24, 2.45) is 11.8 Å². The van der Waals surface area contributed by atoms with E-state index in [1.807, 2.05) is 27.7 Å². The molecular formula is C22H28O5. The van der Waals surface area contributed by atoms with E-state index in [0.29, 0.717) is 13.2 Å². The summed E-state index contributed by atoms with van der Waals surface area (Å²) in [6.45, 7) is 9.01. The summed E-state index contributed by atoms with van der Waals surface area (Å²) >= 11 is 0. The van der Waals surface area contributed by atoms with Crippen molar-refractivity contribution in [2.75, 3.05) is 20.0 Å². The van der Waals surface area contributed by atoms with Crippen molar-refractivity contribution >= 4 is 11.6 Å². The predicted molar refractivity (Wildman–Crippen MR) is 99.7 cm³/mol. The van der Waals surface area contributed by atoms with Crippen LogP contribution in [-0.2, 0) is 23.8 Å². The lowest BCUT2D eigenvalue weighted by molar-refractivity contribution is -0.142. The van der Waals surface area contributed by atoms with Crippen LogP contribution >= 0.6 is 0 Å². The van der Waals surface area contributed by atoms with E-state index in [-0.39, 0.29) is 30.4 Å². The molecule has 5 heteroatoms. The Hall–Kier alpha value is -1.56. The van der Waals surface area contributed by atoms with Gasteiger partial charge < -0.3 is 14.2 Å². The van der Waals surface area contributed by atoms with Gasteiger partial charge in [0.1, 0.15) is 18.3 Å². The largest absolute Gasteiger partial charge is 0.368 e. The van der Waals surface area contributed by atoms with Crippen LogP contribution in [-0.4, -0.2) is 43.3 Å². The second kappa shape index (κ2) is 6.80. The number of Topliss-reactive ketones (excluding diaryl/α,β-unsaturated/α-hetero) is 2. The highest BCUT2D eigenvalue weighted by molar-refractivity contribution is 6.17. The molecule has 4 rings (SSSR count). The van der Waals surface area contributed by atoms with Gasteiger partial charge in [0.15, 0.2) is 11.6 Å². The molecule has 2 bridgehead atoms. The third kappa shape index (κ3) is 2.79. The summed E-state index contributed by atoms with van der Waals surface area (Å²) in [5.74, 6) is -1.32. The molecule has 146 valence electrons. The van der Waals surface area contributed by atoms with E-state index in [9.17, 15) is 9.59 Å². The maximum Gasteiger partial charge on any atom is 0.154 e. The Morgan fingerprint density at radius 1 is 1.11 bits per heavy atom. The predicted octanol–water partition coefficient (Wildman–Crippen LogP) is 3.02. The van der Waals surface area contributed by atoms with Crippen LogP contribution in [0.2, 0.25) is 0 Å². The molecule has 0 N–H and O–H groups in total. The van der Waals surface area contributed by atoms with E-state index < -0.39 is 17.4 Å². The first-order chi connectivity index (χ1) is 12.9. The average Bonchev–Trinajstić information content (AvgIpc) is 3.24. The van der Waals surface area contributed by atoms with E-state index >= 15 is 0 Å². The highest BCUT2D eigenvalue weighted by atomic mass is 16.7. The van der Waals surface area contributed by atoms with Gasteiger partial charge in [-0.2, -0.15) is 0 Å². The molecule has 0 amide bonds. The van der Waals surface area contributed by atoms with Crippen molar-refractivity contribution in [3.8, 4) is 0 Å². The van der Waals surface area contributed by atoms with Gasteiger partial charge in [-0.05, 0) is 57.2 Å². The molecule has 1 aromatic rings. The molecule has 1 saturated carbocycles. The van der Waals surface area contributed by atoms with Crippen LogP contribution in [0.15, 0.2) is 12.1 Å². The molecule has 0 radical (unpaired) electrons. The zero-order valence-corrected chi connectivity index (χ0v) is 16.5. The first kappa shape index (κ1) is 18.8. The number of hydrogen-bond acceptors (Lipinski definition) is 5. The van der Waals surface area contributed by atoms with Gasteiger partial charge in [0.2, 0.25) is 0 Å². The van der Waals surface area contributed by atoms with Crippen LogP contribution in [0.5, 0.6) is 0 Å². The fourth-order valence-corrected chi connectivity index (χ4v) is 5.61. The second-order valence-electron chi connectivity index (χ2n) is 8.27.